The van der Waals surface area contributed by atoms with Crippen molar-refractivity contribution < 1.29 is 4.79 Å². The van der Waals surface area contributed by atoms with Gasteiger partial charge in [0.25, 0.3) is 0 Å². The van der Waals surface area contributed by atoms with Crippen LogP contribution in [-0.2, 0) is 4.79 Å². The number of H-pyrrole nitrogens is 2. The highest BCUT2D eigenvalue weighted by molar-refractivity contribution is 7.13. The first-order valence-electron chi connectivity index (χ1n) is 10.8. The lowest BCUT2D eigenvalue weighted by atomic mass is 10.1. The number of hydrogen-bond acceptors (Lipinski definition) is 6. The number of pyridine rings is 3. The van der Waals surface area contributed by atoms with Gasteiger partial charge in [0.05, 0.1) is 39.4 Å². The van der Waals surface area contributed by atoms with Gasteiger partial charge in [-0.1, -0.05) is 13.0 Å². The number of fused-ring (bicyclic) bond motifs is 2. The van der Waals surface area contributed by atoms with Gasteiger partial charge in [-0.15, -0.1) is 11.3 Å². The zero-order valence-electron chi connectivity index (χ0n) is 18.2. The molecule has 0 aliphatic rings. The molecule has 6 aromatic rings. The highest BCUT2D eigenvalue weighted by Crippen LogP contribution is 2.34. The molecule has 6 rings (SSSR count). The summed E-state index contributed by atoms with van der Waals surface area (Å²) in [6, 6.07) is 13.9. The smallest absolute Gasteiger partial charge is 0.224 e. The van der Waals surface area contributed by atoms with E-state index in [1.807, 2.05) is 48.8 Å². The number of anilines is 1. The number of aromatic nitrogens is 6. The quantitative estimate of drug-likeness (QED) is 0.305. The van der Waals surface area contributed by atoms with Crippen LogP contribution in [0.2, 0.25) is 0 Å². The van der Waals surface area contributed by atoms with Crippen LogP contribution in [0.4, 0.5) is 5.69 Å². The summed E-state index contributed by atoms with van der Waals surface area (Å²) in [5, 5.41) is 13.6. The molecule has 0 saturated carbocycles. The number of amides is 1. The maximum Gasteiger partial charge on any atom is 0.224 e. The van der Waals surface area contributed by atoms with Crippen molar-refractivity contribution in [3.63, 3.8) is 0 Å². The van der Waals surface area contributed by atoms with Crippen LogP contribution in [-0.4, -0.2) is 36.0 Å². The highest BCUT2D eigenvalue weighted by atomic mass is 32.1. The standard InChI is InChI=1S/C25H19N7OS/c1-2-22(33)28-15-10-14(12-26-13-15)17-5-6-19-24(30-17)25(32-31-19)20-11-16-18(29-20)7-8-27-23(16)21-4-3-9-34-21/h3-13,29H,2H2,1H3,(H,28,33)(H,31,32). The normalized spacial score (nSPS) is 11.3. The fourth-order valence-electron chi connectivity index (χ4n) is 3.94. The first-order chi connectivity index (χ1) is 16.7. The summed E-state index contributed by atoms with van der Waals surface area (Å²) >= 11 is 1.66. The summed E-state index contributed by atoms with van der Waals surface area (Å²) in [5.74, 6) is -0.0605. The van der Waals surface area contributed by atoms with Crippen molar-refractivity contribution in [1.82, 2.24) is 30.1 Å². The zero-order valence-corrected chi connectivity index (χ0v) is 19.0. The lowest BCUT2D eigenvalue weighted by Gasteiger charge is -2.06. The average Bonchev–Trinajstić information content (AvgIpc) is 3.62. The van der Waals surface area contributed by atoms with Crippen molar-refractivity contribution in [3.05, 3.63) is 66.4 Å². The molecule has 3 N–H and O–H groups in total. The summed E-state index contributed by atoms with van der Waals surface area (Å²) in [4.78, 5) is 30.1. The van der Waals surface area contributed by atoms with Crippen LogP contribution in [0.25, 0.3) is 55.2 Å². The maximum absolute atomic E-state index is 11.8. The Bertz CT molecular complexity index is 1650. The molecular weight excluding hydrogens is 446 g/mol. The minimum absolute atomic E-state index is 0.0605. The maximum atomic E-state index is 11.8. The second-order valence-corrected chi connectivity index (χ2v) is 8.76. The van der Waals surface area contributed by atoms with E-state index in [4.69, 9.17) is 4.98 Å². The summed E-state index contributed by atoms with van der Waals surface area (Å²) in [6.07, 6.45) is 5.58. The van der Waals surface area contributed by atoms with E-state index in [2.05, 4.69) is 42.6 Å². The Balaban J connectivity index is 1.43. The molecule has 0 radical (unpaired) electrons. The van der Waals surface area contributed by atoms with Gasteiger partial charge in [-0.2, -0.15) is 5.10 Å². The first-order valence-corrected chi connectivity index (χ1v) is 11.7. The van der Waals surface area contributed by atoms with Gasteiger partial charge in [0.15, 0.2) is 0 Å². The van der Waals surface area contributed by atoms with Gasteiger partial charge in [-0.05, 0) is 41.8 Å². The third kappa shape index (κ3) is 3.52. The molecule has 6 aromatic heterocycles. The summed E-state index contributed by atoms with van der Waals surface area (Å²) in [5.41, 5.74) is 7.30. The third-order valence-electron chi connectivity index (χ3n) is 5.60. The second-order valence-electron chi connectivity index (χ2n) is 7.81. The van der Waals surface area contributed by atoms with Gasteiger partial charge < -0.3 is 10.3 Å². The van der Waals surface area contributed by atoms with Crippen molar-refractivity contribution >= 4 is 44.9 Å². The lowest BCUT2D eigenvalue weighted by Crippen LogP contribution is -2.09. The van der Waals surface area contributed by atoms with E-state index in [-0.39, 0.29) is 5.91 Å². The minimum atomic E-state index is -0.0605. The van der Waals surface area contributed by atoms with Crippen molar-refractivity contribution in [3.8, 4) is 33.2 Å². The SMILES string of the molecule is CCC(=O)Nc1cncc(-c2ccc3[nH]nc(-c4cc5c(-c6cccs6)nccc5[nH]4)c3n2)c1. The number of carbonyl (C=O) groups is 1. The van der Waals surface area contributed by atoms with Crippen molar-refractivity contribution in [2.45, 2.75) is 13.3 Å². The number of rotatable bonds is 5. The molecule has 0 fully saturated rings. The molecule has 0 aliphatic carbocycles. The van der Waals surface area contributed by atoms with Crippen LogP contribution < -0.4 is 5.32 Å². The van der Waals surface area contributed by atoms with Crippen LogP contribution in [0.15, 0.2) is 66.4 Å². The molecular formula is C25H19N7OS. The monoisotopic (exact) mass is 465 g/mol. The van der Waals surface area contributed by atoms with E-state index < -0.39 is 0 Å². The number of carbonyl (C=O) groups excluding carboxylic acids is 1. The molecule has 0 aromatic carbocycles. The van der Waals surface area contributed by atoms with Crippen LogP contribution in [0, 0.1) is 0 Å². The lowest BCUT2D eigenvalue weighted by molar-refractivity contribution is -0.115. The van der Waals surface area contributed by atoms with Gasteiger partial charge >= 0.3 is 0 Å². The predicted octanol–water partition coefficient (Wildman–Crippen LogP) is 5.64. The number of hydrogen-bond donors (Lipinski definition) is 3. The molecule has 0 aliphatic heterocycles. The Hall–Kier alpha value is -4.37. The average molecular weight is 466 g/mol. The van der Waals surface area contributed by atoms with Crippen molar-refractivity contribution in [2.75, 3.05) is 5.32 Å². The minimum Gasteiger partial charge on any atom is -0.353 e. The van der Waals surface area contributed by atoms with Gasteiger partial charge in [0.2, 0.25) is 5.91 Å². The number of thiophene rings is 1. The highest BCUT2D eigenvalue weighted by Gasteiger charge is 2.16. The van der Waals surface area contributed by atoms with Crippen LogP contribution in [0.1, 0.15) is 13.3 Å². The molecule has 1 amide bonds. The van der Waals surface area contributed by atoms with Gasteiger partial charge in [-0.25, -0.2) is 4.98 Å². The second kappa shape index (κ2) is 8.20. The largest absolute Gasteiger partial charge is 0.353 e. The van der Waals surface area contributed by atoms with E-state index in [9.17, 15) is 4.79 Å². The summed E-state index contributed by atoms with van der Waals surface area (Å²) in [6.45, 7) is 1.81. The Morgan fingerprint density at radius 1 is 1.09 bits per heavy atom. The molecule has 0 saturated heterocycles. The van der Waals surface area contributed by atoms with Gasteiger partial charge in [0, 0.05) is 35.3 Å². The van der Waals surface area contributed by atoms with E-state index >= 15 is 0 Å². The van der Waals surface area contributed by atoms with Crippen molar-refractivity contribution in [1.29, 1.82) is 0 Å². The Morgan fingerprint density at radius 3 is 2.88 bits per heavy atom. The molecule has 8 nitrogen and oxygen atoms in total. The van der Waals surface area contributed by atoms with Crippen molar-refractivity contribution in [2.24, 2.45) is 0 Å². The summed E-state index contributed by atoms with van der Waals surface area (Å²) in [7, 11) is 0. The zero-order chi connectivity index (χ0) is 23.1. The van der Waals surface area contributed by atoms with E-state index in [1.54, 1.807) is 23.7 Å². The van der Waals surface area contributed by atoms with Crippen LogP contribution in [0.3, 0.4) is 0 Å². The fourth-order valence-corrected chi connectivity index (χ4v) is 4.67. The van der Waals surface area contributed by atoms with E-state index in [1.165, 1.54) is 0 Å². The molecule has 9 heteroatoms. The molecule has 34 heavy (non-hydrogen) atoms. The first kappa shape index (κ1) is 20.3. The molecule has 0 spiro atoms. The molecule has 166 valence electrons. The Morgan fingerprint density at radius 2 is 2.03 bits per heavy atom. The Kier molecular flexibility index (Phi) is 4.88. The topological polar surface area (TPSA) is 112 Å². The van der Waals surface area contributed by atoms with Crippen LogP contribution >= 0.6 is 11.3 Å². The van der Waals surface area contributed by atoms with Gasteiger partial charge in [0.1, 0.15) is 11.2 Å². The molecule has 0 atom stereocenters. The number of nitrogens with one attached hydrogen (secondary N) is 3. The molecule has 0 bridgehead atoms. The number of aromatic amines is 2. The van der Waals surface area contributed by atoms with Gasteiger partial charge in [-0.3, -0.25) is 19.9 Å². The Labute approximate surface area is 198 Å². The fraction of sp³-hybridized carbons (Fsp3) is 0.0800. The molecule has 6 heterocycles. The third-order valence-corrected chi connectivity index (χ3v) is 6.48. The molecule has 0 unspecified atom stereocenters. The van der Waals surface area contributed by atoms with Crippen LogP contribution in [0.5, 0.6) is 0 Å². The summed E-state index contributed by atoms with van der Waals surface area (Å²) < 4.78 is 0. The number of nitrogens with zero attached hydrogens (tertiary/aromatic N) is 4. The predicted molar refractivity (Wildman–Crippen MR) is 134 cm³/mol. The van der Waals surface area contributed by atoms with E-state index in [0.29, 0.717) is 12.1 Å². The van der Waals surface area contributed by atoms with E-state index in [0.717, 1.165) is 55.2 Å².